The molecule has 0 saturated heterocycles. The zero-order chi connectivity index (χ0) is 24.2. The van der Waals surface area contributed by atoms with Crippen molar-refractivity contribution in [3.05, 3.63) is 78.1 Å². The number of aliphatic imine (C=N–C) groups is 1. The molecule has 0 aliphatic carbocycles. The zero-order valence-corrected chi connectivity index (χ0v) is 19.5. The minimum atomic E-state index is -0.317. The molecule has 4 aromatic rings. The van der Waals surface area contributed by atoms with E-state index < -0.39 is 0 Å². The van der Waals surface area contributed by atoms with Crippen molar-refractivity contribution in [2.75, 3.05) is 12.3 Å². The van der Waals surface area contributed by atoms with E-state index in [9.17, 15) is 4.39 Å². The molecule has 4 N–H and O–H groups in total. The fraction of sp³-hybridized carbons (Fsp3) is 0.185. The van der Waals surface area contributed by atoms with E-state index in [1.807, 2.05) is 31.2 Å². The standard InChI is InChI=1S/C27H27FN6/c1-16(2)13-31-14-20(12-29)24-11-23(19-6-9-25-22(10-19)17(3)32-15-33-25)26(34-27(24)30)18-4-7-21(28)8-5-18/h4-12,14-16H,13,29H2,1-3H3,(H2,30,34). The van der Waals surface area contributed by atoms with Crippen LogP contribution >= 0.6 is 0 Å². The molecule has 0 unspecified atom stereocenters. The third kappa shape index (κ3) is 4.78. The quantitative estimate of drug-likeness (QED) is 0.379. The molecule has 0 aliphatic rings. The number of halogens is 1. The van der Waals surface area contributed by atoms with E-state index in [0.29, 0.717) is 35.1 Å². The number of pyridine rings is 1. The number of allylic oxidation sites excluding steroid dienone is 1. The van der Waals surface area contributed by atoms with Crippen molar-refractivity contribution in [3.63, 3.8) is 0 Å². The van der Waals surface area contributed by atoms with Gasteiger partial charge in [-0.2, -0.15) is 0 Å². The Bertz CT molecular complexity index is 1390. The molecule has 172 valence electrons. The summed E-state index contributed by atoms with van der Waals surface area (Å²) in [5.41, 5.74) is 18.6. The second kappa shape index (κ2) is 9.79. The third-order valence-corrected chi connectivity index (χ3v) is 5.51. The molecule has 0 bridgehead atoms. The van der Waals surface area contributed by atoms with Gasteiger partial charge in [0.1, 0.15) is 18.0 Å². The molecule has 7 heteroatoms. The largest absolute Gasteiger partial charge is 0.404 e. The van der Waals surface area contributed by atoms with Gasteiger partial charge in [0.05, 0.1) is 11.2 Å². The maximum atomic E-state index is 13.6. The summed E-state index contributed by atoms with van der Waals surface area (Å²) in [7, 11) is 0. The van der Waals surface area contributed by atoms with Crippen molar-refractivity contribution in [1.82, 2.24) is 15.0 Å². The second-order valence-corrected chi connectivity index (χ2v) is 8.53. The van der Waals surface area contributed by atoms with Gasteiger partial charge in [-0.3, -0.25) is 4.99 Å². The van der Waals surface area contributed by atoms with E-state index in [4.69, 9.17) is 16.5 Å². The van der Waals surface area contributed by atoms with Crippen LogP contribution in [0.2, 0.25) is 0 Å². The molecule has 2 aromatic carbocycles. The fourth-order valence-corrected chi connectivity index (χ4v) is 3.72. The molecule has 0 spiro atoms. The summed E-state index contributed by atoms with van der Waals surface area (Å²) >= 11 is 0. The summed E-state index contributed by atoms with van der Waals surface area (Å²) in [5, 5.41) is 0.941. The van der Waals surface area contributed by atoms with Gasteiger partial charge in [-0.15, -0.1) is 0 Å². The SMILES string of the molecule is Cc1ncnc2ccc(-c3cc(C(C=NCC(C)C)=CN)c(N)nc3-c3ccc(F)cc3)cc12. The molecule has 2 heterocycles. The monoisotopic (exact) mass is 454 g/mol. The number of nitrogens with two attached hydrogens (primary N) is 2. The first kappa shape index (κ1) is 23.0. The lowest BCUT2D eigenvalue weighted by molar-refractivity contribution is 0.628. The first-order valence-electron chi connectivity index (χ1n) is 11.1. The average Bonchev–Trinajstić information content (AvgIpc) is 2.82. The fourth-order valence-electron chi connectivity index (χ4n) is 3.72. The Hall–Kier alpha value is -4.13. The number of nitrogens with zero attached hydrogens (tertiary/aromatic N) is 4. The molecular weight excluding hydrogens is 427 g/mol. The molecule has 0 atom stereocenters. The van der Waals surface area contributed by atoms with Gasteiger partial charge >= 0.3 is 0 Å². The molecule has 0 fully saturated rings. The van der Waals surface area contributed by atoms with Gasteiger partial charge in [-0.1, -0.05) is 19.9 Å². The van der Waals surface area contributed by atoms with Crippen LogP contribution < -0.4 is 11.5 Å². The predicted molar refractivity (Wildman–Crippen MR) is 138 cm³/mol. The van der Waals surface area contributed by atoms with Crippen LogP contribution in [-0.4, -0.2) is 27.7 Å². The van der Waals surface area contributed by atoms with Gasteiger partial charge < -0.3 is 11.5 Å². The average molecular weight is 455 g/mol. The van der Waals surface area contributed by atoms with Gasteiger partial charge in [-0.05, 0) is 60.9 Å². The van der Waals surface area contributed by atoms with Crippen LogP contribution in [0, 0.1) is 18.7 Å². The zero-order valence-electron chi connectivity index (χ0n) is 19.5. The highest BCUT2D eigenvalue weighted by atomic mass is 19.1. The maximum absolute atomic E-state index is 13.6. The number of fused-ring (bicyclic) bond motifs is 1. The Balaban J connectivity index is 1.93. The van der Waals surface area contributed by atoms with Crippen LogP contribution in [0.4, 0.5) is 10.2 Å². The minimum Gasteiger partial charge on any atom is -0.404 e. The first-order valence-corrected chi connectivity index (χ1v) is 11.1. The summed E-state index contributed by atoms with van der Waals surface area (Å²) in [5.74, 6) is 0.421. The minimum absolute atomic E-state index is 0.316. The van der Waals surface area contributed by atoms with Crippen LogP contribution in [0.1, 0.15) is 25.1 Å². The van der Waals surface area contributed by atoms with Crippen LogP contribution in [0.5, 0.6) is 0 Å². The van der Waals surface area contributed by atoms with E-state index >= 15 is 0 Å². The highest BCUT2D eigenvalue weighted by molar-refractivity contribution is 6.12. The van der Waals surface area contributed by atoms with Crippen molar-refractivity contribution in [2.45, 2.75) is 20.8 Å². The normalized spacial score (nSPS) is 12.2. The Labute approximate surface area is 198 Å². The topological polar surface area (TPSA) is 103 Å². The van der Waals surface area contributed by atoms with Crippen LogP contribution in [0.15, 0.2) is 66.1 Å². The molecule has 34 heavy (non-hydrogen) atoms. The maximum Gasteiger partial charge on any atom is 0.132 e. The first-order chi connectivity index (χ1) is 16.4. The van der Waals surface area contributed by atoms with Crippen LogP contribution in [0.3, 0.4) is 0 Å². The van der Waals surface area contributed by atoms with Crippen molar-refractivity contribution >= 4 is 28.5 Å². The smallest absolute Gasteiger partial charge is 0.132 e. The van der Waals surface area contributed by atoms with Gasteiger partial charge in [0, 0.05) is 52.3 Å². The predicted octanol–water partition coefficient (Wildman–Crippen LogP) is 5.41. The van der Waals surface area contributed by atoms with Gasteiger partial charge in [0.15, 0.2) is 0 Å². The van der Waals surface area contributed by atoms with E-state index in [1.165, 1.54) is 18.3 Å². The lowest BCUT2D eigenvalue weighted by Crippen LogP contribution is -2.04. The van der Waals surface area contributed by atoms with Crippen molar-refractivity contribution in [3.8, 4) is 22.4 Å². The number of hydrogen-bond acceptors (Lipinski definition) is 6. The van der Waals surface area contributed by atoms with Crippen molar-refractivity contribution in [1.29, 1.82) is 0 Å². The Kier molecular flexibility index (Phi) is 6.63. The molecule has 0 radical (unpaired) electrons. The highest BCUT2D eigenvalue weighted by Crippen LogP contribution is 2.36. The molecule has 4 rings (SSSR count). The lowest BCUT2D eigenvalue weighted by atomic mass is 9.94. The number of aromatic nitrogens is 3. The number of nitrogen functional groups attached to an aromatic ring is 1. The van der Waals surface area contributed by atoms with E-state index in [0.717, 1.165) is 33.3 Å². The lowest BCUT2D eigenvalue weighted by Gasteiger charge is -2.15. The number of benzene rings is 2. The summed E-state index contributed by atoms with van der Waals surface area (Å²) < 4.78 is 13.6. The molecule has 6 nitrogen and oxygen atoms in total. The van der Waals surface area contributed by atoms with Crippen molar-refractivity contribution < 1.29 is 4.39 Å². The van der Waals surface area contributed by atoms with Crippen LogP contribution in [0.25, 0.3) is 38.9 Å². The third-order valence-electron chi connectivity index (χ3n) is 5.51. The summed E-state index contributed by atoms with van der Waals surface area (Å²) in [6, 6.07) is 14.1. The summed E-state index contributed by atoms with van der Waals surface area (Å²) in [6.07, 6.45) is 4.77. The molecule has 0 amide bonds. The van der Waals surface area contributed by atoms with Gasteiger partial charge in [0.2, 0.25) is 0 Å². The Morgan fingerprint density at radius 1 is 1.06 bits per heavy atom. The Morgan fingerprint density at radius 2 is 1.79 bits per heavy atom. The van der Waals surface area contributed by atoms with Crippen LogP contribution in [-0.2, 0) is 0 Å². The van der Waals surface area contributed by atoms with Gasteiger partial charge in [0.25, 0.3) is 0 Å². The van der Waals surface area contributed by atoms with E-state index in [2.05, 4.69) is 28.8 Å². The molecule has 0 saturated carbocycles. The number of hydrogen-bond donors (Lipinski definition) is 2. The number of rotatable bonds is 6. The van der Waals surface area contributed by atoms with E-state index in [1.54, 1.807) is 24.7 Å². The summed E-state index contributed by atoms with van der Waals surface area (Å²) in [6.45, 7) is 6.82. The molecule has 0 aliphatic heterocycles. The Morgan fingerprint density at radius 3 is 2.50 bits per heavy atom. The number of anilines is 1. The van der Waals surface area contributed by atoms with Crippen molar-refractivity contribution in [2.24, 2.45) is 16.6 Å². The van der Waals surface area contributed by atoms with E-state index in [-0.39, 0.29) is 5.82 Å². The highest BCUT2D eigenvalue weighted by Gasteiger charge is 2.16. The summed E-state index contributed by atoms with van der Waals surface area (Å²) in [4.78, 5) is 17.9. The second-order valence-electron chi connectivity index (χ2n) is 8.53. The number of aryl methyl sites for hydroxylation is 1. The molecule has 2 aromatic heterocycles. The molecular formula is C27H27FN6. The van der Waals surface area contributed by atoms with Gasteiger partial charge in [-0.25, -0.2) is 19.3 Å².